The molecule has 0 bridgehead atoms. The van der Waals surface area contributed by atoms with Gasteiger partial charge in [-0.3, -0.25) is 24.8 Å². The molecule has 0 aliphatic carbocycles. The summed E-state index contributed by atoms with van der Waals surface area (Å²) in [6, 6.07) is 7.76. The van der Waals surface area contributed by atoms with Crippen LogP contribution in [0, 0.1) is 17.0 Å². The molecule has 0 saturated heterocycles. The Bertz CT molecular complexity index is 699. The standard InChI is InChI=1S/C15H13N3O3/c1-3-15(19)17(13-5-4-8-16-10-13)14-9-12(18(20)21)7-6-11(14)2/h3-10H,1H2,2H3. The van der Waals surface area contributed by atoms with Gasteiger partial charge in [0, 0.05) is 18.3 Å². The maximum atomic E-state index is 12.2. The molecule has 0 radical (unpaired) electrons. The van der Waals surface area contributed by atoms with Crippen molar-refractivity contribution in [1.29, 1.82) is 0 Å². The molecule has 0 aliphatic heterocycles. The number of carbonyl (C=O) groups excluding carboxylic acids is 1. The van der Waals surface area contributed by atoms with Gasteiger partial charge < -0.3 is 0 Å². The number of aryl methyl sites for hydroxylation is 1. The number of hydrogen-bond donors (Lipinski definition) is 0. The topological polar surface area (TPSA) is 76.3 Å². The van der Waals surface area contributed by atoms with Crippen molar-refractivity contribution in [3.63, 3.8) is 0 Å². The van der Waals surface area contributed by atoms with Crippen molar-refractivity contribution in [2.24, 2.45) is 0 Å². The van der Waals surface area contributed by atoms with Crippen LogP contribution in [0.1, 0.15) is 5.56 Å². The molecule has 0 fully saturated rings. The van der Waals surface area contributed by atoms with E-state index in [9.17, 15) is 14.9 Å². The number of anilines is 2. The molecule has 106 valence electrons. The Morgan fingerprint density at radius 2 is 2.19 bits per heavy atom. The van der Waals surface area contributed by atoms with Crippen LogP contribution in [0.5, 0.6) is 0 Å². The first-order chi connectivity index (χ1) is 10.0. The molecular formula is C15H13N3O3. The number of rotatable bonds is 4. The monoisotopic (exact) mass is 283 g/mol. The van der Waals surface area contributed by atoms with E-state index in [1.54, 1.807) is 31.3 Å². The lowest BCUT2D eigenvalue weighted by atomic mass is 10.1. The number of nitrogens with zero attached hydrogens (tertiary/aromatic N) is 3. The van der Waals surface area contributed by atoms with Gasteiger partial charge in [-0.2, -0.15) is 0 Å². The Balaban J connectivity index is 2.62. The smallest absolute Gasteiger partial charge is 0.271 e. The second-order valence-electron chi connectivity index (χ2n) is 4.32. The fourth-order valence-electron chi connectivity index (χ4n) is 1.91. The van der Waals surface area contributed by atoms with Gasteiger partial charge in [0.2, 0.25) is 0 Å². The number of non-ortho nitro benzene ring substituents is 1. The quantitative estimate of drug-likeness (QED) is 0.490. The van der Waals surface area contributed by atoms with E-state index >= 15 is 0 Å². The summed E-state index contributed by atoms with van der Waals surface area (Å²) in [5.41, 5.74) is 1.61. The van der Waals surface area contributed by atoms with Crippen molar-refractivity contribution >= 4 is 23.0 Å². The molecule has 0 N–H and O–H groups in total. The molecule has 1 heterocycles. The van der Waals surface area contributed by atoms with Gasteiger partial charge in [-0.05, 0) is 30.7 Å². The zero-order chi connectivity index (χ0) is 15.4. The van der Waals surface area contributed by atoms with Crippen molar-refractivity contribution in [1.82, 2.24) is 4.98 Å². The number of benzene rings is 1. The van der Waals surface area contributed by atoms with Crippen LogP contribution in [0.15, 0.2) is 55.4 Å². The first-order valence-electron chi connectivity index (χ1n) is 6.16. The Morgan fingerprint density at radius 3 is 2.76 bits per heavy atom. The molecule has 0 saturated carbocycles. The van der Waals surface area contributed by atoms with Gasteiger partial charge in [0.25, 0.3) is 11.6 Å². The van der Waals surface area contributed by atoms with E-state index in [0.29, 0.717) is 11.4 Å². The predicted octanol–water partition coefficient (Wildman–Crippen LogP) is 3.15. The number of pyridine rings is 1. The summed E-state index contributed by atoms with van der Waals surface area (Å²) in [6.07, 6.45) is 4.26. The van der Waals surface area contributed by atoms with Crippen molar-refractivity contribution < 1.29 is 9.72 Å². The third kappa shape index (κ3) is 2.94. The molecule has 2 aromatic rings. The van der Waals surface area contributed by atoms with Crippen LogP contribution in [0.25, 0.3) is 0 Å². The lowest BCUT2D eigenvalue weighted by molar-refractivity contribution is -0.384. The number of nitro benzene ring substituents is 1. The average Bonchev–Trinajstić information content (AvgIpc) is 2.50. The van der Waals surface area contributed by atoms with Crippen molar-refractivity contribution in [3.05, 3.63) is 71.1 Å². The highest BCUT2D eigenvalue weighted by Crippen LogP contribution is 2.31. The van der Waals surface area contributed by atoms with E-state index in [2.05, 4.69) is 11.6 Å². The van der Waals surface area contributed by atoms with Gasteiger partial charge in [0.1, 0.15) is 0 Å². The van der Waals surface area contributed by atoms with Crippen molar-refractivity contribution in [3.8, 4) is 0 Å². The second-order valence-corrected chi connectivity index (χ2v) is 4.32. The fraction of sp³-hybridized carbons (Fsp3) is 0.0667. The highest BCUT2D eigenvalue weighted by atomic mass is 16.6. The molecule has 1 amide bonds. The van der Waals surface area contributed by atoms with Crippen LogP contribution in [-0.2, 0) is 4.79 Å². The molecular weight excluding hydrogens is 270 g/mol. The number of amides is 1. The summed E-state index contributed by atoms with van der Waals surface area (Å²) in [6.45, 7) is 5.25. The van der Waals surface area contributed by atoms with E-state index in [-0.39, 0.29) is 11.6 Å². The minimum Gasteiger partial charge on any atom is -0.275 e. The Kier molecular flexibility index (Phi) is 4.08. The Morgan fingerprint density at radius 1 is 1.43 bits per heavy atom. The van der Waals surface area contributed by atoms with Crippen molar-refractivity contribution in [2.75, 3.05) is 4.90 Å². The Hall–Kier alpha value is -3.02. The van der Waals surface area contributed by atoms with Crippen LogP contribution >= 0.6 is 0 Å². The minimum atomic E-state index is -0.497. The summed E-state index contributed by atoms with van der Waals surface area (Å²) in [5, 5.41) is 10.9. The lowest BCUT2D eigenvalue weighted by Crippen LogP contribution is -2.24. The van der Waals surface area contributed by atoms with E-state index < -0.39 is 4.92 Å². The van der Waals surface area contributed by atoms with Crippen LogP contribution < -0.4 is 4.90 Å². The van der Waals surface area contributed by atoms with E-state index in [1.807, 2.05) is 0 Å². The third-order valence-corrected chi connectivity index (χ3v) is 2.94. The molecule has 2 rings (SSSR count). The molecule has 0 aliphatic rings. The third-order valence-electron chi connectivity index (χ3n) is 2.94. The summed E-state index contributed by atoms with van der Waals surface area (Å²) < 4.78 is 0. The molecule has 1 aromatic carbocycles. The molecule has 0 unspecified atom stereocenters. The Labute approximate surface area is 121 Å². The summed E-state index contributed by atoms with van der Waals surface area (Å²) in [7, 11) is 0. The van der Waals surface area contributed by atoms with Crippen LogP contribution in [0.4, 0.5) is 17.1 Å². The normalized spacial score (nSPS) is 9.95. The molecule has 0 atom stereocenters. The van der Waals surface area contributed by atoms with E-state index in [0.717, 1.165) is 11.6 Å². The van der Waals surface area contributed by atoms with Crippen molar-refractivity contribution in [2.45, 2.75) is 6.92 Å². The van der Waals surface area contributed by atoms with Gasteiger partial charge in [0.15, 0.2) is 0 Å². The summed E-state index contributed by atoms with van der Waals surface area (Å²) in [5.74, 6) is -0.383. The van der Waals surface area contributed by atoms with Crippen LogP contribution in [0.3, 0.4) is 0 Å². The number of carbonyl (C=O) groups is 1. The number of hydrogen-bond acceptors (Lipinski definition) is 4. The lowest BCUT2D eigenvalue weighted by Gasteiger charge is -2.22. The first kappa shape index (κ1) is 14.4. The zero-order valence-electron chi connectivity index (χ0n) is 11.4. The SMILES string of the molecule is C=CC(=O)N(c1cccnc1)c1cc([N+](=O)[O-])ccc1C. The van der Waals surface area contributed by atoms with Gasteiger partial charge in [-0.25, -0.2) is 0 Å². The maximum absolute atomic E-state index is 12.2. The molecule has 6 heteroatoms. The maximum Gasteiger partial charge on any atom is 0.271 e. The van der Waals surface area contributed by atoms with Gasteiger partial charge >= 0.3 is 0 Å². The van der Waals surface area contributed by atoms with Gasteiger partial charge in [-0.15, -0.1) is 0 Å². The molecule has 1 aromatic heterocycles. The van der Waals surface area contributed by atoms with Gasteiger partial charge in [0.05, 0.1) is 22.5 Å². The molecule has 0 spiro atoms. The highest BCUT2D eigenvalue weighted by molar-refractivity contribution is 6.07. The average molecular weight is 283 g/mol. The van der Waals surface area contributed by atoms with Crippen LogP contribution in [0.2, 0.25) is 0 Å². The second kappa shape index (κ2) is 5.96. The number of nitro groups is 1. The van der Waals surface area contributed by atoms with Crippen LogP contribution in [-0.4, -0.2) is 15.8 Å². The summed E-state index contributed by atoms with van der Waals surface area (Å²) in [4.78, 5) is 27.9. The molecule has 21 heavy (non-hydrogen) atoms. The first-order valence-corrected chi connectivity index (χ1v) is 6.16. The minimum absolute atomic E-state index is 0.0821. The van der Waals surface area contributed by atoms with E-state index in [1.165, 1.54) is 23.2 Å². The zero-order valence-corrected chi connectivity index (χ0v) is 11.4. The predicted molar refractivity (Wildman–Crippen MR) is 79.4 cm³/mol. The van der Waals surface area contributed by atoms with E-state index in [4.69, 9.17) is 0 Å². The number of aromatic nitrogens is 1. The fourth-order valence-corrected chi connectivity index (χ4v) is 1.91. The summed E-state index contributed by atoms with van der Waals surface area (Å²) >= 11 is 0. The largest absolute Gasteiger partial charge is 0.275 e. The molecule has 6 nitrogen and oxygen atoms in total. The van der Waals surface area contributed by atoms with Gasteiger partial charge in [-0.1, -0.05) is 12.6 Å². The highest BCUT2D eigenvalue weighted by Gasteiger charge is 2.20.